The minimum Gasteiger partial charge on any atom is -0.480 e. The van der Waals surface area contributed by atoms with Gasteiger partial charge < -0.3 is 9.84 Å². The zero-order valence-electron chi connectivity index (χ0n) is 18.0. The fraction of sp³-hybridized carbons (Fsp3) is 0.185. The lowest BCUT2D eigenvalue weighted by molar-refractivity contribution is -0.145. The molecule has 1 atom stereocenters. The first kappa shape index (κ1) is 21.5. The van der Waals surface area contributed by atoms with Gasteiger partial charge in [-0.05, 0) is 30.2 Å². The minimum atomic E-state index is -0.992. The molecule has 1 aromatic heterocycles. The van der Waals surface area contributed by atoms with E-state index < -0.39 is 11.6 Å². The third-order valence-electron chi connectivity index (χ3n) is 5.53. The lowest BCUT2D eigenvalue weighted by atomic mass is 9.87. The first-order valence-corrected chi connectivity index (χ1v) is 10.6. The number of allylic oxidation sites excluding steroid dienone is 3. The largest absolute Gasteiger partial charge is 0.480 e. The third-order valence-corrected chi connectivity index (χ3v) is 5.53. The van der Waals surface area contributed by atoms with Crippen LogP contribution in [0.1, 0.15) is 36.0 Å². The van der Waals surface area contributed by atoms with Crippen LogP contribution >= 0.6 is 0 Å². The summed E-state index contributed by atoms with van der Waals surface area (Å²) in [6.45, 7) is 1.53. The van der Waals surface area contributed by atoms with Crippen LogP contribution in [0.15, 0.2) is 103 Å². The van der Waals surface area contributed by atoms with Crippen LogP contribution in [-0.4, -0.2) is 33.1 Å². The molecule has 1 N–H and O–H groups in total. The van der Waals surface area contributed by atoms with Crippen LogP contribution < -0.4 is 0 Å². The van der Waals surface area contributed by atoms with Gasteiger partial charge in [0.25, 0.3) is 0 Å². The molecule has 5 heteroatoms. The monoisotopic (exact) mass is 426 g/mol. The number of hydrogen-bond acceptors (Lipinski definition) is 3. The van der Waals surface area contributed by atoms with E-state index in [4.69, 9.17) is 9.84 Å². The van der Waals surface area contributed by atoms with E-state index in [1.807, 2.05) is 66.5 Å². The van der Waals surface area contributed by atoms with Gasteiger partial charge in [-0.25, -0.2) is 9.48 Å². The molecule has 2 aromatic carbocycles. The molecular formula is C27H26N2O3. The molecule has 0 aliphatic heterocycles. The van der Waals surface area contributed by atoms with Gasteiger partial charge in [-0.1, -0.05) is 78.9 Å². The number of rotatable bonds is 8. The summed E-state index contributed by atoms with van der Waals surface area (Å²) >= 11 is 0. The fourth-order valence-electron chi connectivity index (χ4n) is 4.13. The maximum absolute atomic E-state index is 11.1. The van der Waals surface area contributed by atoms with Crippen molar-refractivity contribution in [1.29, 1.82) is 0 Å². The van der Waals surface area contributed by atoms with Gasteiger partial charge in [0.1, 0.15) is 12.2 Å². The highest BCUT2D eigenvalue weighted by Crippen LogP contribution is 2.34. The van der Waals surface area contributed by atoms with Crippen molar-refractivity contribution in [1.82, 2.24) is 9.78 Å². The molecule has 162 valence electrons. The Morgan fingerprint density at radius 3 is 2.38 bits per heavy atom. The Morgan fingerprint density at radius 1 is 1.12 bits per heavy atom. The van der Waals surface area contributed by atoms with E-state index >= 15 is 0 Å². The summed E-state index contributed by atoms with van der Waals surface area (Å²) in [5.74, 6) is -0.928. The highest BCUT2D eigenvalue weighted by Gasteiger charge is 2.30. The lowest BCUT2D eigenvalue weighted by Gasteiger charge is -2.30. The number of carboxylic acids is 1. The number of benzene rings is 2. The van der Waals surface area contributed by atoms with Crippen LogP contribution in [0.25, 0.3) is 5.70 Å². The zero-order chi connectivity index (χ0) is 22.4. The number of ether oxygens (including phenoxy) is 1. The molecule has 4 rings (SSSR count). The normalized spacial score (nSPS) is 18.2. The van der Waals surface area contributed by atoms with Crippen molar-refractivity contribution in [3.8, 4) is 0 Å². The molecule has 0 saturated carbocycles. The molecule has 5 nitrogen and oxygen atoms in total. The Balaban J connectivity index is 1.65. The van der Waals surface area contributed by atoms with Crippen molar-refractivity contribution in [2.75, 3.05) is 6.61 Å². The number of aromatic nitrogens is 2. The van der Waals surface area contributed by atoms with E-state index in [1.54, 1.807) is 0 Å². The van der Waals surface area contributed by atoms with Crippen molar-refractivity contribution in [2.24, 2.45) is 0 Å². The molecule has 1 aliphatic carbocycles. The summed E-state index contributed by atoms with van der Waals surface area (Å²) in [4.78, 5) is 11.1. The average molecular weight is 427 g/mol. The summed E-state index contributed by atoms with van der Waals surface area (Å²) in [5, 5.41) is 13.7. The molecule has 1 heterocycles. The van der Waals surface area contributed by atoms with Crippen molar-refractivity contribution in [3.05, 3.63) is 120 Å². The molecule has 1 aliphatic rings. The van der Waals surface area contributed by atoms with Gasteiger partial charge in [0.2, 0.25) is 0 Å². The maximum Gasteiger partial charge on any atom is 0.329 e. The highest BCUT2D eigenvalue weighted by atomic mass is 16.5. The number of hydrogen-bond donors (Lipinski definition) is 1. The second kappa shape index (κ2) is 9.62. The Kier molecular flexibility index (Phi) is 6.47. The zero-order valence-corrected chi connectivity index (χ0v) is 18.0. The lowest BCUT2D eigenvalue weighted by Crippen LogP contribution is -2.32. The predicted molar refractivity (Wildman–Crippen MR) is 125 cm³/mol. The van der Waals surface area contributed by atoms with Crippen LogP contribution in [-0.2, 0) is 9.53 Å². The van der Waals surface area contributed by atoms with Crippen LogP contribution in [0.3, 0.4) is 0 Å². The van der Waals surface area contributed by atoms with E-state index in [2.05, 4.69) is 53.6 Å². The summed E-state index contributed by atoms with van der Waals surface area (Å²) < 4.78 is 7.62. The second-order valence-electron chi connectivity index (χ2n) is 7.80. The first-order chi connectivity index (χ1) is 15.6. The summed E-state index contributed by atoms with van der Waals surface area (Å²) in [5.41, 5.74) is 3.61. The standard InChI is InChI=1S/C27H26N2O3/c1-2-15-27(32-20-25(30)31)16-9-14-24(17-27)29-19-23(18-28-29)26(21-10-5-3-6-11-21)22-12-7-4-8-13-22/h2-16,18-19,26H,17,20H2,1H3,(H,30,31). The molecule has 0 amide bonds. The van der Waals surface area contributed by atoms with E-state index in [0.717, 1.165) is 11.3 Å². The van der Waals surface area contributed by atoms with Crippen molar-refractivity contribution >= 4 is 11.7 Å². The van der Waals surface area contributed by atoms with Gasteiger partial charge in [0.05, 0.1) is 6.20 Å². The number of nitrogens with zero attached hydrogens (tertiary/aromatic N) is 2. The number of aliphatic carboxylic acids is 1. The summed E-state index contributed by atoms with van der Waals surface area (Å²) in [6, 6.07) is 20.8. The Morgan fingerprint density at radius 2 is 1.78 bits per heavy atom. The Hall–Kier alpha value is -3.70. The first-order valence-electron chi connectivity index (χ1n) is 10.6. The topological polar surface area (TPSA) is 64.3 Å². The van der Waals surface area contributed by atoms with E-state index in [0.29, 0.717) is 6.42 Å². The minimum absolute atomic E-state index is 0.0643. The molecule has 0 saturated heterocycles. The van der Waals surface area contributed by atoms with Crippen molar-refractivity contribution < 1.29 is 14.6 Å². The van der Waals surface area contributed by atoms with Gasteiger partial charge >= 0.3 is 5.97 Å². The molecule has 0 fully saturated rings. The summed E-state index contributed by atoms with van der Waals surface area (Å²) in [7, 11) is 0. The van der Waals surface area contributed by atoms with Crippen LogP contribution in [0.2, 0.25) is 0 Å². The van der Waals surface area contributed by atoms with Crippen molar-refractivity contribution in [3.63, 3.8) is 0 Å². The molecule has 32 heavy (non-hydrogen) atoms. The van der Waals surface area contributed by atoms with Crippen molar-refractivity contribution in [2.45, 2.75) is 24.9 Å². The molecule has 1 unspecified atom stereocenters. The Bertz CT molecular complexity index is 1110. The van der Waals surface area contributed by atoms with Gasteiger partial charge in [-0.2, -0.15) is 5.10 Å². The van der Waals surface area contributed by atoms with Gasteiger partial charge in [0.15, 0.2) is 0 Å². The fourth-order valence-corrected chi connectivity index (χ4v) is 4.13. The molecule has 0 spiro atoms. The smallest absolute Gasteiger partial charge is 0.329 e. The van der Waals surface area contributed by atoms with E-state index in [1.165, 1.54) is 11.1 Å². The number of carbonyl (C=O) groups is 1. The van der Waals surface area contributed by atoms with Gasteiger partial charge in [0, 0.05) is 29.8 Å². The molecule has 0 bridgehead atoms. The Labute approximate surface area is 188 Å². The van der Waals surface area contributed by atoms with Crippen LogP contribution in [0.5, 0.6) is 0 Å². The van der Waals surface area contributed by atoms with E-state index in [9.17, 15) is 4.79 Å². The van der Waals surface area contributed by atoms with E-state index in [-0.39, 0.29) is 12.5 Å². The predicted octanol–water partition coefficient (Wildman–Crippen LogP) is 5.28. The van der Waals surface area contributed by atoms with Crippen LogP contribution in [0, 0.1) is 0 Å². The maximum atomic E-state index is 11.1. The van der Waals surface area contributed by atoms with Gasteiger partial charge in [-0.3, -0.25) is 0 Å². The SMILES string of the molecule is CC=CC1(OCC(=O)O)C=CC=C(n2cc(C(c3ccccc3)c3ccccc3)cn2)C1. The van der Waals surface area contributed by atoms with Crippen LogP contribution in [0.4, 0.5) is 0 Å². The second-order valence-corrected chi connectivity index (χ2v) is 7.80. The summed E-state index contributed by atoms with van der Waals surface area (Å²) in [6.07, 6.45) is 14.0. The molecule has 0 radical (unpaired) electrons. The quantitative estimate of drug-likeness (QED) is 0.498. The number of carboxylic acid groups (broad SMARTS) is 1. The molecular weight excluding hydrogens is 400 g/mol. The molecule has 3 aromatic rings. The van der Waals surface area contributed by atoms with Gasteiger partial charge in [-0.15, -0.1) is 0 Å². The third kappa shape index (κ3) is 4.79. The highest BCUT2D eigenvalue weighted by molar-refractivity contribution is 5.68. The average Bonchev–Trinajstić information content (AvgIpc) is 3.30.